The van der Waals surface area contributed by atoms with E-state index in [-0.39, 0.29) is 12.4 Å². The van der Waals surface area contributed by atoms with Crippen molar-refractivity contribution in [3.63, 3.8) is 0 Å². The molecule has 1 unspecified atom stereocenters. The minimum atomic E-state index is 0. The topological polar surface area (TPSA) is 21.3 Å². The zero-order chi connectivity index (χ0) is 10.7. The van der Waals surface area contributed by atoms with E-state index in [9.17, 15) is 0 Å². The largest absolute Gasteiger partial charge is 0.492 e. The van der Waals surface area contributed by atoms with Gasteiger partial charge in [0.1, 0.15) is 5.75 Å². The first kappa shape index (κ1) is 14.3. The van der Waals surface area contributed by atoms with E-state index in [0.717, 1.165) is 34.4 Å². The monoisotopic (exact) mass is 369 g/mol. The minimum Gasteiger partial charge on any atom is -0.492 e. The molecule has 5 heteroatoms. The fourth-order valence-electron chi connectivity index (χ4n) is 1.66. The minimum absolute atomic E-state index is 0. The molecule has 16 heavy (non-hydrogen) atoms. The van der Waals surface area contributed by atoms with E-state index in [2.05, 4.69) is 37.2 Å². The van der Waals surface area contributed by atoms with Crippen LogP contribution in [-0.2, 0) is 0 Å². The standard InChI is InChI=1S/C11H13Br2NO.ClH/c12-9-1-2-11(10(13)5-9)15-7-8-3-4-14-6-8;/h1-2,5,8,14H,3-4,6-7H2;1H. The number of hydrogen-bond donors (Lipinski definition) is 1. The molecule has 0 saturated carbocycles. The van der Waals surface area contributed by atoms with Gasteiger partial charge < -0.3 is 10.1 Å². The summed E-state index contributed by atoms with van der Waals surface area (Å²) in [6.45, 7) is 3.00. The van der Waals surface area contributed by atoms with Gasteiger partial charge >= 0.3 is 0 Å². The Bertz CT molecular complexity index is 343. The highest BCUT2D eigenvalue weighted by atomic mass is 79.9. The lowest BCUT2D eigenvalue weighted by Gasteiger charge is -2.12. The Balaban J connectivity index is 0.00000128. The van der Waals surface area contributed by atoms with Crippen LogP contribution < -0.4 is 10.1 Å². The predicted octanol–water partition coefficient (Wildman–Crippen LogP) is 3.62. The molecule has 0 amide bonds. The number of nitrogens with one attached hydrogen (secondary N) is 1. The SMILES string of the molecule is Brc1ccc(OCC2CCNC2)c(Br)c1.Cl. The fourth-order valence-corrected chi connectivity index (χ4v) is 2.82. The Kier molecular flexibility index (Phi) is 6.11. The highest BCUT2D eigenvalue weighted by molar-refractivity contribution is 9.11. The molecule has 1 N–H and O–H groups in total. The van der Waals surface area contributed by atoms with Crippen LogP contribution in [0.25, 0.3) is 0 Å². The summed E-state index contributed by atoms with van der Waals surface area (Å²) in [6.07, 6.45) is 1.22. The molecule has 1 aliphatic rings. The Hall–Kier alpha value is 0.230. The second-order valence-electron chi connectivity index (χ2n) is 3.74. The molecular weight excluding hydrogens is 357 g/mol. The van der Waals surface area contributed by atoms with Gasteiger partial charge in [-0.05, 0) is 47.1 Å². The summed E-state index contributed by atoms with van der Waals surface area (Å²) in [6, 6.07) is 5.98. The van der Waals surface area contributed by atoms with Crippen molar-refractivity contribution in [3.8, 4) is 5.75 Å². The van der Waals surface area contributed by atoms with E-state index in [0.29, 0.717) is 5.92 Å². The zero-order valence-electron chi connectivity index (χ0n) is 8.71. The maximum Gasteiger partial charge on any atom is 0.133 e. The van der Waals surface area contributed by atoms with Crippen LogP contribution in [0.2, 0.25) is 0 Å². The number of hydrogen-bond acceptors (Lipinski definition) is 2. The third-order valence-corrected chi connectivity index (χ3v) is 3.64. The van der Waals surface area contributed by atoms with Crippen molar-refractivity contribution in [3.05, 3.63) is 27.1 Å². The van der Waals surface area contributed by atoms with Crippen LogP contribution >= 0.6 is 44.3 Å². The van der Waals surface area contributed by atoms with Gasteiger partial charge in [-0.1, -0.05) is 15.9 Å². The van der Waals surface area contributed by atoms with Gasteiger partial charge in [0.05, 0.1) is 11.1 Å². The molecule has 1 atom stereocenters. The molecule has 1 fully saturated rings. The van der Waals surface area contributed by atoms with E-state index in [1.165, 1.54) is 6.42 Å². The van der Waals surface area contributed by atoms with Gasteiger partial charge in [0, 0.05) is 16.9 Å². The summed E-state index contributed by atoms with van der Waals surface area (Å²) < 4.78 is 7.83. The molecule has 0 spiro atoms. The zero-order valence-corrected chi connectivity index (χ0v) is 12.7. The first-order chi connectivity index (χ1) is 7.25. The van der Waals surface area contributed by atoms with E-state index in [1.807, 2.05) is 18.2 Å². The highest BCUT2D eigenvalue weighted by Gasteiger charge is 2.15. The van der Waals surface area contributed by atoms with E-state index in [1.54, 1.807) is 0 Å². The molecule has 0 aliphatic carbocycles. The highest BCUT2D eigenvalue weighted by Crippen LogP contribution is 2.28. The molecular formula is C11H14Br2ClNO. The Morgan fingerprint density at radius 1 is 1.38 bits per heavy atom. The van der Waals surface area contributed by atoms with Crippen molar-refractivity contribution in [2.24, 2.45) is 5.92 Å². The number of ether oxygens (including phenoxy) is 1. The molecule has 1 saturated heterocycles. The molecule has 0 aromatic heterocycles. The van der Waals surface area contributed by atoms with Gasteiger partial charge in [-0.25, -0.2) is 0 Å². The van der Waals surface area contributed by atoms with Crippen LogP contribution in [-0.4, -0.2) is 19.7 Å². The third kappa shape index (κ3) is 3.91. The molecule has 1 aromatic rings. The lowest BCUT2D eigenvalue weighted by molar-refractivity contribution is 0.258. The van der Waals surface area contributed by atoms with Gasteiger partial charge in [0.25, 0.3) is 0 Å². The number of halogens is 3. The maximum atomic E-state index is 5.77. The van der Waals surface area contributed by atoms with Crippen molar-refractivity contribution in [2.75, 3.05) is 19.7 Å². The van der Waals surface area contributed by atoms with Crippen molar-refractivity contribution < 1.29 is 4.74 Å². The average Bonchev–Trinajstić information content (AvgIpc) is 2.69. The summed E-state index contributed by atoms with van der Waals surface area (Å²) in [5.74, 6) is 1.57. The predicted molar refractivity (Wildman–Crippen MR) is 75.6 cm³/mol. The molecule has 1 heterocycles. The normalized spacial score (nSPS) is 19.2. The van der Waals surface area contributed by atoms with E-state index >= 15 is 0 Å². The van der Waals surface area contributed by atoms with E-state index in [4.69, 9.17) is 4.74 Å². The van der Waals surface area contributed by atoms with Gasteiger partial charge in [0.15, 0.2) is 0 Å². The third-order valence-electron chi connectivity index (χ3n) is 2.53. The molecule has 90 valence electrons. The van der Waals surface area contributed by atoms with Crippen LogP contribution in [0, 0.1) is 5.92 Å². The van der Waals surface area contributed by atoms with Crippen molar-refractivity contribution in [2.45, 2.75) is 6.42 Å². The molecule has 1 aliphatic heterocycles. The van der Waals surface area contributed by atoms with Gasteiger partial charge in [-0.3, -0.25) is 0 Å². The molecule has 1 aromatic carbocycles. The van der Waals surface area contributed by atoms with Gasteiger partial charge in [0.2, 0.25) is 0 Å². The van der Waals surface area contributed by atoms with Crippen LogP contribution in [0.1, 0.15) is 6.42 Å². The molecule has 0 radical (unpaired) electrons. The summed E-state index contributed by atoms with van der Waals surface area (Å²) in [5.41, 5.74) is 0. The van der Waals surface area contributed by atoms with Crippen molar-refractivity contribution in [1.29, 1.82) is 0 Å². The summed E-state index contributed by atoms with van der Waals surface area (Å²) >= 11 is 6.90. The molecule has 0 bridgehead atoms. The van der Waals surface area contributed by atoms with Crippen LogP contribution in [0.3, 0.4) is 0 Å². The second-order valence-corrected chi connectivity index (χ2v) is 5.51. The lowest BCUT2D eigenvalue weighted by atomic mass is 10.1. The summed E-state index contributed by atoms with van der Waals surface area (Å²) in [7, 11) is 0. The first-order valence-corrected chi connectivity index (χ1v) is 6.63. The number of benzene rings is 1. The average molecular weight is 371 g/mol. The summed E-state index contributed by atoms with van der Waals surface area (Å²) in [4.78, 5) is 0. The smallest absolute Gasteiger partial charge is 0.133 e. The molecule has 2 nitrogen and oxygen atoms in total. The van der Waals surface area contributed by atoms with Crippen LogP contribution in [0.5, 0.6) is 5.75 Å². The fraction of sp³-hybridized carbons (Fsp3) is 0.455. The van der Waals surface area contributed by atoms with Gasteiger partial charge in [-0.15, -0.1) is 12.4 Å². The lowest BCUT2D eigenvalue weighted by Crippen LogP contribution is -2.15. The van der Waals surface area contributed by atoms with Crippen LogP contribution in [0.15, 0.2) is 27.1 Å². The van der Waals surface area contributed by atoms with Crippen molar-refractivity contribution >= 4 is 44.3 Å². The van der Waals surface area contributed by atoms with Crippen LogP contribution in [0.4, 0.5) is 0 Å². The first-order valence-electron chi connectivity index (χ1n) is 5.04. The Morgan fingerprint density at radius 3 is 2.81 bits per heavy atom. The van der Waals surface area contributed by atoms with E-state index < -0.39 is 0 Å². The van der Waals surface area contributed by atoms with Gasteiger partial charge in [-0.2, -0.15) is 0 Å². The summed E-state index contributed by atoms with van der Waals surface area (Å²) in [5, 5.41) is 3.33. The maximum absolute atomic E-state index is 5.77. The Morgan fingerprint density at radius 2 is 2.19 bits per heavy atom. The number of rotatable bonds is 3. The molecule has 2 rings (SSSR count). The van der Waals surface area contributed by atoms with Crippen molar-refractivity contribution in [1.82, 2.24) is 5.32 Å². The Labute approximate surface area is 119 Å². The second kappa shape index (κ2) is 6.84. The quantitative estimate of drug-likeness (QED) is 0.876.